The molecule has 0 spiro atoms. The van der Waals surface area contributed by atoms with Gasteiger partial charge in [-0.1, -0.05) is 0 Å². The molecule has 1 amide bonds. The van der Waals surface area contributed by atoms with E-state index in [2.05, 4.69) is 20.3 Å². The molecule has 2 aromatic rings. The van der Waals surface area contributed by atoms with Crippen molar-refractivity contribution < 1.29 is 34.1 Å². The molecule has 28 heavy (non-hydrogen) atoms. The van der Waals surface area contributed by atoms with E-state index < -0.39 is 54.8 Å². The molecule has 12 nitrogen and oxygen atoms in total. The summed E-state index contributed by atoms with van der Waals surface area (Å²) >= 11 is 0. The van der Waals surface area contributed by atoms with Crippen LogP contribution in [0.1, 0.15) is 38.9 Å². The molecule has 0 aliphatic carbocycles. The van der Waals surface area contributed by atoms with Gasteiger partial charge in [-0.15, -0.1) is 0 Å². The zero-order valence-corrected chi connectivity index (χ0v) is 15.1. The number of esters is 2. The quantitative estimate of drug-likeness (QED) is 0.656. The fourth-order valence-corrected chi connectivity index (χ4v) is 2.36. The maximum Gasteiger partial charge on any atom is 0.303 e. The summed E-state index contributed by atoms with van der Waals surface area (Å²) in [5, 5.41) is 2.28. The highest BCUT2D eigenvalue weighted by Gasteiger charge is 2.40. The number of nitrogens with one attached hydrogen (secondary N) is 2. The van der Waals surface area contributed by atoms with E-state index in [9.17, 15) is 19.2 Å². The summed E-state index contributed by atoms with van der Waals surface area (Å²) in [6.45, 7) is 2.19. The Balaban J connectivity index is 2.17. The molecule has 3 heterocycles. The summed E-state index contributed by atoms with van der Waals surface area (Å²) in [5.74, 6) is -2.72. The Morgan fingerprint density at radius 3 is 2.82 bits per heavy atom. The van der Waals surface area contributed by atoms with E-state index in [4.69, 9.17) is 19.7 Å². The van der Waals surface area contributed by atoms with E-state index in [0.717, 1.165) is 24.7 Å². The number of amides is 1. The Morgan fingerprint density at radius 1 is 1.43 bits per heavy atom. The molecular weight excluding hydrogens is 374 g/mol. The number of carbonyl (C=O) groups is 3. The molecule has 0 aromatic carbocycles. The van der Waals surface area contributed by atoms with E-state index in [1.165, 1.54) is 6.92 Å². The number of aromatic nitrogens is 4. The molecule has 0 unspecified atom stereocenters. The van der Waals surface area contributed by atoms with Gasteiger partial charge in [-0.05, 0) is 0 Å². The Morgan fingerprint density at radius 2 is 2.18 bits per heavy atom. The molecule has 2 aromatic heterocycles. The molecule has 1 fully saturated rings. The average molecular weight is 397 g/mol. The van der Waals surface area contributed by atoms with Crippen LogP contribution in [0.15, 0.2) is 11.1 Å². The monoisotopic (exact) mass is 397 g/mol. The molecule has 2 N–H and O–H groups in total. The summed E-state index contributed by atoms with van der Waals surface area (Å²) < 4.78 is 50.1. The van der Waals surface area contributed by atoms with Crippen LogP contribution in [0.25, 0.3) is 11.2 Å². The number of fused-ring (bicyclic) bond motifs is 1. The van der Waals surface area contributed by atoms with E-state index >= 15 is 0 Å². The average Bonchev–Trinajstić information content (AvgIpc) is 3.12. The van der Waals surface area contributed by atoms with Gasteiger partial charge in [0.1, 0.15) is 25.0 Å². The zero-order chi connectivity index (χ0) is 24.1. The second kappa shape index (κ2) is 7.76. The van der Waals surface area contributed by atoms with Crippen molar-refractivity contribution in [1.29, 1.82) is 0 Å². The van der Waals surface area contributed by atoms with E-state index in [1.807, 2.05) is 0 Å². The Kier molecular flexibility index (Phi) is 4.08. The Labute approximate surface area is 163 Å². The maximum atomic E-state index is 12.3. The second-order valence-corrected chi connectivity index (χ2v) is 5.66. The number of hydrogen-bond donors (Lipinski definition) is 2. The third-order valence-corrected chi connectivity index (χ3v) is 3.39. The number of H-pyrrole nitrogens is 1. The van der Waals surface area contributed by atoms with E-state index in [0.29, 0.717) is 0 Å². The first-order chi connectivity index (χ1) is 14.7. The van der Waals surface area contributed by atoms with Crippen molar-refractivity contribution >= 4 is 35.0 Å². The first-order valence-electron chi connectivity index (χ1n) is 9.97. The third kappa shape index (κ3) is 4.17. The maximum absolute atomic E-state index is 12.3. The van der Waals surface area contributed by atoms with Crippen LogP contribution in [0.4, 0.5) is 5.95 Å². The molecule has 3 atom stereocenters. The van der Waals surface area contributed by atoms with Crippen molar-refractivity contribution in [3.05, 3.63) is 16.7 Å². The number of imidazole rings is 1. The molecular formula is C16H19N5O7. The van der Waals surface area contributed by atoms with Gasteiger partial charge in [-0.3, -0.25) is 34.0 Å². The molecule has 12 heteroatoms. The lowest BCUT2D eigenvalue weighted by Gasteiger charge is -2.17. The summed E-state index contributed by atoms with van der Waals surface area (Å²) in [5.41, 5.74) is -1.25. The number of ether oxygens (including phenoxy) is 3. The minimum absolute atomic E-state index is 0.242. The number of nitrogens with zero attached hydrogens (tertiary/aromatic N) is 3. The highest BCUT2D eigenvalue weighted by molar-refractivity contribution is 5.87. The Bertz CT molecular complexity index is 1170. The summed E-state index contributed by atoms with van der Waals surface area (Å²) in [7, 11) is 0. The second-order valence-electron chi connectivity index (χ2n) is 5.66. The van der Waals surface area contributed by atoms with Crippen molar-refractivity contribution in [1.82, 2.24) is 19.5 Å². The van der Waals surface area contributed by atoms with Crippen molar-refractivity contribution in [2.45, 2.75) is 45.5 Å². The molecule has 0 bridgehead atoms. The molecule has 0 saturated carbocycles. The number of rotatable bonds is 5. The topological polar surface area (TPSA) is 154 Å². The van der Waals surface area contributed by atoms with Gasteiger partial charge in [-0.2, -0.15) is 4.98 Å². The van der Waals surface area contributed by atoms with Crippen LogP contribution < -0.4 is 10.9 Å². The number of hydrogen-bond acceptors (Lipinski definition) is 9. The predicted octanol–water partition coefficient (Wildman–Crippen LogP) is -0.140. The van der Waals surface area contributed by atoms with Crippen LogP contribution in [0.3, 0.4) is 0 Å². The lowest BCUT2D eigenvalue weighted by molar-refractivity contribution is -0.155. The fourth-order valence-electron chi connectivity index (χ4n) is 2.36. The number of carbonyl (C=O) groups excluding carboxylic acids is 3. The van der Waals surface area contributed by atoms with Gasteiger partial charge < -0.3 is 14.2 Å². The predicted molar refractivity (Wildman–Crippen MR) is 93.2 cm³/mol. The van der Waals surface area contributed by atoms with Crippen LogP contribution in [0, 0.1) is 0 Å². The molecule has 0 radical (unpaired) electrons. The van der Waals surface area contributed by atoms with Crippen LogP contribution in [-0.4, -0.2) is 56.1 Å². The van der Waals surface area contributed by atoms with Crippen LogP contribution in [0.2, 0.25) is 0 Å². The summed E-state index contributed by atoms with van der Waals surface area (Å²) in [4.78, 5) is 56.7. The first kappa shape index (κ1) is 14.7. The lowest BCUT2D eigenvalue weighted by atomic mass is 10.2. The van der Waals surface area contributed by atoms with Crippen molar-refractivity contribution in [2.24, 2.45) is 0 Å². The van der Waals surface area contributed by atoms with Crippen molar-refractivity contribution in [2.75, 3.05) is 11.9 Å². The van der Waals surface area contributed by atoms with Gasteiger partial charge in [0, 0.05) is 29.9 Å². The molecule has 150 valence electrons. The lowest BCUT2D eigenvalue weighted by Crippen LogP contribution is -2.31. The molecule has 1 aliphatic heterocycles. The SMILES string of the molecule is [2H]C1([2H])[C@H](n2cnc3c(=O)[nH]c(NC(C)=O)nc32)O[C@]([2H])(COC(C)=O)[C@@]1([2H])OC(C)=O. The van der Waals surface area contributed by atoms with Crippen molar-refractivity contribution in [3.8, 4) is 0 Å². The molecule has 1 saturated heterocycles. The molecule has 1 aliphatic rings. The highest BCUT2D eigenvalue weighted by atomic mass is 16.6. The Hall–Kier alpha value is -3.28. The number of aromatic amines is 1. The van der Waals surface area contributed by atoms with Crippen LogP contribution >= 0.6 is 0 Å². The van der Waals surface area contributed by atoms with Crippen molar-refractivity contribution in [3.63, 3.8) is 0 Å². The normalized spacial score (nSPS) is 30.6. The van der Waals surface area contributed by atoms with Crippen LogP contribution in [0.5, 0.6) is 0 Å². The van der Waals surface area contributed by atoms with Gasteiger partial charge in [0.2, 0.25) is 11.9 Å². The van der Waals surface area contributed by atoms with Gasteiger partial charge in [0.25, 0.3) is 5.56 Å². The first-order valence-corrected chi connectivity index (χ1v) is 7.97. The van der Waals surface area contributed by atoms with Gasteiger partial charge >= 0.3 is 11.9 Å². The largest absolute Gasteiger partial charge is 0.463 e. The smallest absolute Gasteiger partial charge is 0.303 e. The van der Waals surface area contributed by atoms with Gasteiger partial charge in [0.05, 0.1) is 9.07 Å². The fraction of sp³-hybridized carbons (Fsp3) is 0.500. The standard InChI is InChI=1S/C16H19N5O7/c1-7(22)18-16-19-14-13(15(25)20-16)17-6-21(14)12-4-10(27-9(3)24)11(28-12)5-26-8(2)23/h6,10-12H,4-5H2,1-3H3,(H2,18,19,20,22,25)/t10-,11+,12+/m0/s1/i4D2,10D,11D. The number of anilines is 1. The molecule has 3 rings (SSSR count). The minimum Gasteiger partial charge on any atom is -0.463 e. The van der Waals surface area contributed by atoms with Crippen LogP contribution in [-0.2, 0) is 28.6 Å². The summed E-state index contributed by atoms with van der Waals surface area (Å²) in [6, 6.07) is 0. The van der Waals surface area contributed by atoms with Gasteiger partial charge in [-0.25, -0.2) is 4.98 Å². The van der Waals surface area contributed by atoms with E-state index in [1.54, 1.807) is 0 Å². The summed E-state index contributed by atoms with van der Waals surface area (Å²) in [6.07, 6.45) is -9.50. The van der Waals surface area contributed by atoms with E-state index in [-0.39, 0.29) is 17.1 Å². The third-order valence-electron chi connectivity index (χ3n) is 3.39. The van der Waals surface area contributed by atoms with Gasteiger partial charge in [0.15, 0.2) is 11.2 Å². The zero-order valence-electron chi connectivity index (χ0n) is 19.1. The highest BCUT2D eigenvalue weighted by Crippen LogP contribution is 2.32. The minimum atomic E-state index is -3.00.